The molecule has 0 amide bonds. The summed E-state index contributed by atoms with van der Waals surface area (Å²) in [5.41, 5.74) is 7.19. The summed E-state index contributed by atoms with van der Waals surface area (Å²) in [6.45, 7) is 1.78. The van der Waals surface area contributed by atoms with Crippen molar-refractivity contribution in [1.29, 1.82) is 5.26 Å². The smallest absolute Gasteiger partial charge is 0.203 e. The van der Waals surface area contributed by atoms with E-state index in [-0.39, 0.29) is 16.6 Å². The quantitative estimate of drug-likeness (QED) is 0.377. The average molecular weight is 344 g/mol. The lowest BCUT2D eigenvalue weighted by Crippen LogP contribution is -2.04. The molecule has 0 aliphatic heterocycles. The van der Waals surface area contributed by atoms with Crippen molar-refractivity contribution in [2.45, 2.75) is 16.5 Å². The number of nitrogen functional groups attached to an aromatic ring is 1. The Labute approximate surface area is 139 Å². The molecule has 0 unspecified atom stereocenters. The molecule has 23 heavy (non-hydrogen) atoms. The van der Waals surface area contributed by atoms with Gasteiger partial charge in [-0.1, -0.05) is 35.2 Å². The predicted molar refractivity (Wildman–Crippen MR) is 90.9 cm³/mol. The van der Waals surface area contributed by atoms with Crippen molar-refractivity contribution in [3.05, 3.63) is 35.8 Å². The summed E-state index contributed by atoms with van der Waals surface area (Å²) in [5.74, 6) is 0.278. The second-order valence-electron chi connectivity index (χ2n) is 4.64. The van der Waals surface area contributed by atoms with Gasteiger partial charge in [0.15, 0.2) is 10.2 Å². The molecule has 1 aromatic carbocycles. The summed E-state index contributed by atoms with van der Waals surface area (Å²) in [7, 11) is 0. The minimum atomic E-state index is -0.384. The van der Waals surface area contributed by atoms with Gasteiger partial charge in [-0.15, -0.1) is 10.2 Å². The Kier molecular flexibility index (Phi) is 4.18. The first-order valence-corrected chi connectivity index (χ1v) is 8.32. The Bertz CT molecular complexity index is 890. The Morgan fingerprint density at radius 1 is 1.43 bits per heavy atom. The second-order valence-corrected chi connectivity index (χ2v) is 7.24. The number of aromatic nitrogens is 4. The largest absolute Gasteiger partial charge is 0.510 e. The number of aliphatic hydroxyl groups is 1. The third-order valence-electron chi connectivity index (χ3n) is 3.08. The molecular formula is C14H12N6OS2. The van der Waals surface area contributed by atoms with Crippen LogP contribution < -0.4 is 5.73 Å². The van der Waals surface area contributed by atoms with Gasteiger partial charge in [-0.2, -0.15) is 5.26 Å². The topological polar surface area (TPSA) is 124 Å². The molecule has 2 aromatic heterocycles. The van der Waals surface area contributed by atoms with Gasteiger partial charge >= 0.3 is 0 Å². The molecule has 116 valence electrons. The standard InChI is InChI=1S/C14H12N6OS2/c1-7(22-14-20-19-13(16)23-14)11(21)8(6-15)12-17-9-4-2-3-5-10(9)18-12/h2-5,7,21H,1H3,(H2,16,19)(H,17,18)/t7-/m0/s1. The normalized spacial score (nSPS) is 13.6. The molecule has 3 aromatic rings. The molecule has 7 nitrogen and oxygen atoms in total. The number of anilines is 1. The number of allylic oxidation sites excluding steroid dienone is 1. The van der Waals surface area contributed by atoms with Gasteiger partial charge in [-0.3, -0.25) is 0 Å². The van der Waals surface area contributed by atoms with E-state index in [0.29, 0.717) is 15.3 Å². The van der Waals surface area contributed by atoms with Crippen LogP contribution in [0.4, 0.5) is 5.13 Å². The lowest BCUT2D eigenvalue weighted by Gasteiger charge is -2.09. The molecule has 1 atom stereocenters. The Balaban J connectivity index is 1.93. The van der Waals surface area contributed by atoms with E-state index in [4.69, 9.17) is 5.73 Å². The summed E-state index contributed by atoms with van der Waals surface area (Å²) in [6, 6.07) is 9.45. The zero-order valence-electron chi connectivity index (χ0n) is 12.0. The average Bonchev–Trinajstić information content (AvgIpc) is 3.13. The van der Waals surface area contributed by atoms with E-state index in [1.54, 1.807) is 6.92 Å². The van der Waals surface area contributed by atoms with E-state index in [9.17, 15) is 10.4 Å². The molecule has 0 saturated heterocycles. The Morgan fingerprint density at radius 3 is 2.87 bits per heavy atom. The maximum atomic E-state index is 10.4. The zero-order valence-corrected chi connectivity index (χ0v) is 13.6. The van der Waals surface area contributed by atoms with E-state index in [1.165, 1.54) is 23.1 Å². The van der Waals surface area contributed by atoms with Gasteiger partial charge in [-0.05, 0) is 19.1 Å². The molecule has 0 saturated carbocycles. The van der Waals surface area contributed by atoms with Crippen LogP contribution in [0.2, 0.25) is 0 Å². The van der Waals surface area contributed by atoms with Crippen LogP contribution in [0.3, 0.4) is 0 Å². The lowest BCUT2D eigenvalue weighted by molar-refractivity contribution is 0.402. The molecule has 0 aliphatic carbocycles. The number of nitrogens with zero attached hydrogens (tertiary/aromatic N) is 4. The SMILES string of the molecule is C[C@H](Sc1nnc(N)s1)C(O)=C(C#N)c1nc2ccccc2[nH]1. The number of para-hydroxylation sites is 2. The monoisotopic (exact) mass is 344 g/mol. The third-order valence-corrected chi connectivity index (χ3v) is 5.02. The number of hydrogen-bond acceptors (Lipinski definition) is 8. The molecule has 9 heteroatoms. The maximum absolute atomic E-state index is 10.4. The number of nitriles is 1. The number of imidazole rings is 1. The number of H-pyrrole nitrogens is 1. The second kappa shape index (κ2) is 6.28. The molecular weight excluding hydrogens is 332 g/mol. The number of aliphatic hydroxyl groups excluding tert-OH is 1. The number of nitrogens with two attached hydrogens (primary N) is 1. The van der Waals surface area contributed by atoms with Crippen molar-refractivity contribution in [3.63, 3.8) is 0 Å². The first-order chi connectivity index (χ1) is 11.1. The first kappa shape index (κ1) is 15.3. The van der Waals surface area contributed by atoms with Gasteiger partial charge in [0.25, 0.3) is 0 Å². The number of hydrogen-bond donors (Lipinski definition) is 3. The van der Waals surface area contributed by atoms with Gasteiger partial charge in [0.1, 0.15) is 17.4 Å². The van der Waals surface area contributed by atoms with E-state index in [0.717, 1.165) is 11.0 Å². The van der Waals surface area contributed by atoms with Gasteiger partial charge < -0.3 is 15.8 Å². The lowest BCUT2D eigenvalue weighted by atomic mass is 10.2. The fourth-order valence-corrected chi connectivity index (χ4v) is 3.82. The number of nitrogens with one attached hydrogen (secondary N) is 1. The van der Waals surface area contributed by atoms with Crippen LogP contribution >= 0.6 is 23.1 Å². The van der Waals surface area contributed by atoms with Gasteiger partial charge in [-0.25, -0.2) is 4.98 Å². The fourth-order valence-electron chi connectivity index (χ4n) is 1.98. The van der Waals surface area contributed by atoms with Crippen molar-refractivity contribution in [3.8, 4) is 6.07 Å². The Hall–Kier alpha value is -2.57. The van der Waals surface area contributed by atoms with Gasteiger partial charge in [0.2, 0.25) is 5.13 Å². The summed E-state index contributed by atoms with van der Waals surface area (Å²) in [5, 5.41) is 27.4. The highest BCUT2D eigenvalue weighted by Gasteiger charge is 2.20. The molecule has 0 aliphatic rings. The van der Waals surface area contributed by atoms with Gasteiger partial charge in [0.05, 0.1) is 16.3 Å². The van der Waals surface area contributed by atoms with Crippen LogP contribution in [-0.2, 0) is 0 Å². The third kappa shape index (κ3) is 3.13. The summed E-state index contributed by atoms with van der Waals surface area (Å²) in [4.78, 5) is 7.39. The highest BCUT2D eigenvalue weighted by Crippen LogP contribution is 2.32. The van der Waals surface area contributed by atoms with Crippen LogP contribution in [0, 0.1) is 11.3 Å². The Morgan fingerprint density at radius 2 is 2.22 bits per heavy atom. The van der Waals surface area contributed by atoms with Crippen molar-refractivity contribution in [2.24, 2.45) is 0 Å². The summed E-state index contributed by atoms with van der Waals surface area (Å²) >= 11 is 2.51. The molecule has 3 rings (SSSR count). The van der Waals surface area contributed by atoms with Crippen molar-refractivity contribution >= 4 is 44.8 Å². The number of rotatable bonds is 4. The van der Waals surface area contributed by atoms with Crippen LogP contribution in [0.1, 0.15) is 12.7 Å². The van der Waals surface area contributed by atoms with E-state index >= 15 is 0 Å². The number of benzene rings is 1. The van der Waals surface area contributed by atoms with Crippen LogP contribution in [0.25, 0.3) is 16.6 Å². The number of thioether (sulfide) groups is 1. The minimum Gasteiger partial charge on any atom is -0.510 e. The first-order valence-electron chi connectivity index (χ1n) is 6.62. The molecule has 4 N–H and O–H groups in total. The summed E-state index contributed by atoms with van der Waals surface area (Å²) < 4.78 is 0.628. The van der Waals surface area contributed by atoms with Crippen LogP contribution in [0.15, 0.2) is 34.4 Å². The molecule has 2 heterocycles. The fraction of sp³-hybridized carbons (Fsp3) is 0.143. The predicted octanol–water partition coefficient (Wildman–Crippen LogP) is 2.97. The van der Waals surface area contributed by atoms with Crippen molar-refractivity contribution in [2.75, 3.05) is 5.73 Å². The van der Waals surface area contributed by atoms with E-state index in [2.05, 4.69) is 20.2 Å². The van der Waals surface area contributed by atoms with Gasteiger partial charge in [0, 0.05) is 0 Å². The van der Waals surface area contributed by atoms with Crippen LogP contribution in [0.5, 0.6) is 0 Å². The highest BCUT2D eigenvalue weighted by molar-refractivity contribution is 8.01. The number of fused-ring (bicyclic) bond motifs is 1. The van der Waals surface area contributed by atoms with Crippen molar-refractivity contribution in [1.82, 2.24) is 20.2 Å². The minimum absolute atomic E-state index is 0.0645. The zero-order chi connectivity index (χ0) is 16.4. The van der Waals surface area contributed by atoms with Crippen LogP contribution in [-0.4, -0.2) is 30.5 Å². The maximum Gasteiger partial charge on any atom is 0.203 e. The summed E-state index contributed by atoms with van der Waals surface area (Å²) in [6.07, 6.45) is 0. The molecule has 0 bridgehead atoms. The number of aromatic amines is 1. The highest BCUT2D eigenvalue weighted by atomic mass is 32.2. The molecule has 0 spiro atoms. The van der Waals surface area contributed by atoms with Crippen molar-refractivity contribution < 1.29 is 5.11 Å². The molecule has 0 radical (unpaired) electrons. The molecule has 0 fully saturated rings. The van der Waals surface area contributed by atoms with E-state index in [1.807, 2.05) is 30.3 Å². The van der Waals surface area contributed by atoms with E-state index < -0.39 is 0 Å².